The molecule has 0 amide bonds. The van der Waals surface area contributed by atoms with Crippen LogP contribution in [0.5, 0.6) is 11.5 Å². The van der Waals surface area contributed by atoms with E-state index < -0.39 is 0 Å². The summed E-state index contributed by atoms with van der Waals surface area (Å²) in [6, 6.07) is 13.2. The average molecular weight is 407 g/mol. The zero-order valence-electron chi connectivity index (χ0n) is 13.6. The van der Waals surface area contributed by atoms with E-state index in [1.165, 1.54) is 0 Å². The number of hydrogen-bond donors (Lipinski definition) is 0. The zero-order chi connectivity index (χ0) is 17.7. The summed E-state index contributed by atoms with van der Waals surface area (Å²) in [4.78, 5) is 0. The minimum Gasteiger partial charge on any atom is -0.493 e. The van der Waals surface area contributed by atoms with Crippen LogP contribution < -0.4 is 9.47 Å². The van der Waals surface area contributed by atoms with Gasteiger partial charge in [-0.05, 0) is 59.6 Å². The Morgan fingerprint density at radius 3 is 2.58 bits per heavy atom. The summed E-state index contributed by atoms with van der Waals surface area (Å²) in [5.74, 6) is 1.24. The van der Waals surface area contributed by atoms with Crippen molar-refractivity contribution in [2.45, 2.75) is 20.0 Å². The van der Waals surface area contributed by atoms with Crippen LogP contribution in [0, 0.1) is 11.3 Å². The largest absolute Gasteiger partial charge is 0.493 e. The summed E-state index contributed by atoms with van der Waals surface area (Å²) in [5, 5.41) is 10.0. The summed E-state index contributed by atoms with van der Waals surface area (Å²) < 4.78 is 12.0. The molecule has 0 aromatic heterocycles. The maximum absolute atomic E-state index is 9.49. The summed E-state index contributed by atoms with van der Waals surface area (Å²) >= 11 is 9.70. The first kappa shape index (κ1) is 18.4. The molecule has 0 heterocycles. The van der Waals surface area contributed by atoms with E-state index in [9.17, 15) is 5.26 Å². The highest BCUT2D eigenvalue weighted by Gasteiger charge is 2.13. The predicted octanol–water partition coefficient (Wildman–Crippen LogP) is 5.96. The van der Waals surface area contributed by atoms with E-state index in [1.807, 2.05) is 44.2 Å². The Kier molecular flexibility index (Phi) is 6.30. The van der Waals surface area contributed by atoms with Crippen molar-refractivity contribution in [1.82, 2.24) is 0 Å². The van der Waals surface area contributed by atoms with Crippen molar-refractivity contribution in [2.75, 3.05) is 7.11 Å². The van der Waals surface area contributed by atoms with Gasteiger partial charge in [0.05, 0.1) is 29.3 Å². The van der Waals surface area contributed by atoms with Crippen LogP contribution in [0.4, 0.5) is 0 Å². The van der Waals surface area contributed by atoms with E-state index in [1.54, 1.807) is 19.3 Å². The van der Waals surface area contributed by atoms with Crippen LogP contribution in [0.25, 0.3) is 11.6 Å². The standard InChI is InChI=1S/C19H17BrClNO2/c1-12(2)24-19-16(20)9-13(10-18(19)23-3)8-14(11-22)15-6-4-5-7-17(15)21/h4-10,12H,1-3H3. The van der Waals surface area contributed by atoms with Crippen LogP contribution in [0.3, 0.4) is 0 Å². The van der Waals surface area contributed by atoms with Crippen molar-refractivity contribution in [3.63, 3.8) is 0 Å². The molecule has 124 valence electrons. The number of ether oxygens (including phenoxy) is 2. The third-order valence-corrected chi connectivity index (χ3v) is 4.12. The van der Waals surface area contributed by atoms with E-state index in [0.717, 1.165) is 10.0 Å². The van der Waals surface area contributed by atoms with Crippen LogP contribution in [0.2, 0.25) is 5.02 Å². The average Bonchev–Trinajstić information content (AvgIpc) is 2.55. The van der Waals surface area contributed by atoms with Gasteiger partial charge in [0.2, 0.25) is 0 Å². The molecule has 2 aromatic carbocycles. The molecule has 0 atom stereocenters. The van der Waals surface area contributed by atoms with Gasteiger partial charge in [-0.1, -0.05) is 29.8 Å². The summed E-state index contributed by atoms with van der Waals surface area (Å²) in [6.07, 6.45) is 1.79. The second-order valence-electron chi connectivity index (χ2n) is 5.35. The molecule has 0 radical (unpaired) electrons. The van der Waals surface area contributed by atoms with E-state index in [2.05, 4.69) is 22.0 Å². The minimum absolute atomic E-state index is 0.0226. The number of allylic oxidation sites excluding steroid dienone is 1. The third-order valence-electron chi connectivity index (χ3n) is 3.20. The Hall–Kier alpha value is -1.96. The number of hydrogen-bond acceptors (Lipinski definition) is 3. The Balaban J connectivity index is 2.51. The summed E-state index contributed by atoms with van der Waals surface area (Å²) in [7, 11) is 1.59. The van der Waals surface area contributed by atoms with Crippen molar-refractivity contribution in [2.24, 2.45) is 0 Å². The smallest absolute Gasteiger partial charge is 0.175 e. The van der Waals surface area contributed by atoms with Crippen LogP contribution in [0.15, 0.2) is 40.9 Å². The van der Waals surface area contributed by atoms with Crippen LogP contribution in [-0.4, -0.2) is 13.2 Å². The third kappa shape index (κ3) is 4.31. The first-order valence-electron chi connectivity index (χ1n) is 7.37. The molecule has 0 N–H and O–H groups in total. The van der Waals surface area contributed by atoms with Gasteiger partial charge in [-0.15, -0.1) is 0 Å². The molecule has 3 nitrogen and oxygen atoms in total. The molecule has 0 aliphatic rings. The van der Waals surface area contributed by atoms with Crippen LogP contribution in [-0.2, 0) is 0 Å². The first-order chi connectivity index (χ1) is 11.5. The first-order valence-corrected chi connectivity index (χ1v) is 8.54. The van der Waals surface area contributed by atoms with Gasteiger partial charge in [0.1, 0.15) is 0 Å². The fourth-order valence-electron chi connectivity index (χ4n) is 2.19. The highest BCUT2D eigenvalue weighted by Crippen LogP contribution is 2.38. The van der Waals surface area contributed by atoms with Gasteiger partial charge in [-0.3, -0.25) is 0 Å². The topological polar surface area (TPSA) is 42.2 Å². The lowest BCUT2D eigenvalue weighted by molar-refractivity contribution is 0.228. The second-order valence-corrected chi connectivity index (χ2v) is 6.61. The van der Waals surface area contributed by atoms with Gasteiger partial charge in [0, 0.05) is 10.6 Å². The number of halogens is 2. The van der Waals surface area contributed by atoms with Crippen molar-refractivity contribution < 1.29 is 9.47 Å². The quantitative estimate of drug-likeness (QED) is 0.454. The monoisotopic (exact) mass is 405 g/mol. The predicted molar refractivity (Wildman–Crippen MR) is 101 cm³/mol. The number of benzene rings is 2. The van der Waals surface area contributed by atoms with Crippen molar-refractivity contribution in [3.05, 3.63) is 57.0 Å². The SMILES string of the molecule is COc1cc(C=C(C#N)c2ccccc2Cl)cc(Br)c1OC(C)C. The van der Waals surface area contributed by atoms with Gasteiger partial charge in [-0.25, -0.2) is 0 Å². The van der Waals surface area contributed by atoms with E-state index in [0.29, 0.717) is 27.7 Å². The number of rotatable bonds is 5. The zero-order valence-corrected chi connectivity index (χ0v) is 16.0. The number of nitriles is 1. The summed E-state index contributed by atoms with van der Waals surface area (Å²) in [5.41, 5.74) is 1.98. The van der Waals surface area contributed by atoms with Gasteiger partial charge in [0.25, 0.3) is 0 Å². The lowest BCUT2D eigenvalue weighted by atomic mass is 10.0. The molecule has 24 heavy (non-hydrogen) atoms. The van der Waals surface area contributed by atoms with Gasteiger partial charge in [-0.2, -0.15) is 5.26 Å². The van der Waals surface area contributed by atoms with Crippen molar-refractivity contribution in [1.29, 1.82) is 5.26 Å². The fourth-order valence-corrected chi connectivity index (χ4v) is 2.98. The Morgan fingerprint density at radius 2 is 2.00 bits per heavy atom. The highest BCUT2D eigenvalue weighted by atomic mass is 79.9. The van der Waals surface area contributed by atoms with Gasteiger partial charge in [0.15, 0.2) is 11.5 Å². The molecule has 0 saturated heterocycles. The van der Waals surface area contributed by atoms with Crippen molar-refractivity contribution in [3.8, 4) is 17.6 Å². The Morgan fingerprint density at radius 1 is 1.29 bits per heavy atom. The Bertz CT molecular complexity index is 809. The maximum atomic E-state index is 9.49. The molecular weight excluding hydrogens is 390 g/mol. The van der Waals surface area contributed by atoms with E-state index in [4.69, 9.17) is 21.1 Å². The molecule has 0 spiro atoms. The lowest BCUT2D eigenvalue weighted by Crippen LogP contribution is -2.07. The fraction of sp³-hybridized carbons (Fsp3) is 0.211. The van der Waals surface area contributed by atoms with E-state index in [-0.39, 0.29) is 6.10 Å². The molecule has 0 aliphatic heterocycles. The molecule has 2 aromatic rings. The minimum atomic E-state index is 0.0226. The number of nitrogens with zero attached hydrogens (tertiary/aromatic N) is 1. The summed E-state index contributed by atoms with van der Waals surface area (Å²) in [6.45, 7) is 3.90. The molecule has 0 fully saturated rings. The van der Waals surface area contributed by atoms with Crippen LogP contribution >= 0.6 is 27.5 Å². The molecule has 5 heteroatoms. The van der Waals surface area contributed by atoms with E-state index >= 15 is 0 Å². The molecule has 0 bridgehead atoms. The van der Waals surface area contributed by atoms with Gasteiger partial charge >= 0.3 is 0 Å². The number of methoxy groups -OCH3 is 1. The second kappa shape index (κ2) is 8.23. The van der Waals surface area contributed by atoms with Crippen LogP contribution in [0.1, 0.15) is 25.0 Å². The molecule has 0 saturated carbocycles. The van der Waals surface area contributed by atoms with Crippen molar-refractivity contribution >= 4 is 39.2 Å². The molecule has 0 unspecified atom stereocenters. The highest BCUT2D eigenvalue weighted by molar-refractivity contribution is 9.10. The normalized spacial score (nSPS) is 11.3. The molecule has 0 aliphatic carbocycles. The lowest BCUT2D eigenvalue weighted by Gasteiger charge is -2.16. The Labute approximate surface area is 155 Å². The van der Waals surface area contributed by atoms with Gasteiger partial charge < -0.3 is 9.47 Å². The maximum Gasteiger partial charge on any atom is 0.175 e. The molecule has 2 rings (SSSR count). The molecular formula is C19H17BrClNO2.